The number of nitrogens with zero attached hydrogens (tertiary/aromatic N) is 1. The number of hydrogen-bond donors (Lipinski definition) is 2. The van der Waals surface area contributed by atoms with E-state index in [2.05, 4.69) is 10.3 Å². The fourth-order valence-electron chi connectivity index (χ4n) is 3.16. The van der Waals surface area contributed by atoms with Crippen LogP contribution >= 0.6 is 0 Å². The molecule has 0 bridgehead atoms. The third kappa shape index (κ3) is 3.66. The summed E-state index contributed by atoms with van der Waals surface area (Å²) in [5, 5.41) is 3.54. The Labute approximate surface area is 145 Å². The van der Waals surface area contributed by atoms with Gasteiger partial charge in [-0.1, -0.05) is 6.07 Å². The molecular weight excluding hydrogens is 325 g/mol. The highest BCUT2D eigenvalue weighted by atomic mass is 19.1. The van der Waals surface area contributed by atoms with Crippen molar-refractivity contribution in [1.29, 1.82) is 0 Å². The molecule has 1 aliphatic rings. The van der Waals surface area contributed by atoms with E-state index in [0.717, 1.165) is 10.9 Å². The SMILES string of the molecule is COCCNC(=O)C1(F)CCCN(C(=O)c2ccc3cc[nH]c3c2)C1. The van der Waals surface area contributed by atoms with Crippen molar-refractivity contribution in [2.24, 2.45) is 0 Å². The Balaban J connectivity index is 1.71. The van der Waals surface area contributed by atoms with Gasteiger partial charge in [-0.2, -0.15) is 0 Å². The fraction of sp³-hybridized carbons (Fsp3) is 0.444. The Morgan fingerprint density at radius 2 is 2.24 bits per heavy atom. The van der Waals surface area contributed by atoms with E-state index in [1.165, 1.54) is 12.0 Å². The fourth-order valence-corrected chi connectivity index (χ4v) is 3.16. The average Bonchev–Trinajstić information content (AvgIpc) is 3.09. The van der Waals surface area contributed by atoms with E-state index in [9.17, 15) is 9.59 Å². The number of aromatic nitrogens is 1. The molecule has 2 heterocycles. The summed E-state index contributed by atoms with van der Waals surface area (Å²) >= 11 is 0. The van der Waals surface area contributed by atoms with E-state index in [4.69, 9.17) is 4.74 Å². The zero-order valence-corrected chi connectivity index (χ0v) is 14.2. The summed E-state index contributed by atoms with van der Waals surface area (Å²) in [5.74, 6) is -0.940. The third-order valence-corrected chi connectivity index (χ3v) is 4.53. The third-order valence-electron chi connectivity index (χ3n) is 4.53. The zero-order valence-electron chi connectivity index (χ0n) is 14.2. The first kappa shape index (κ1) is 17.4. The van der Waals surface area contributed by atoms with Crippen LogP contribution in [-0.2, 0) is 9.53 Å². The van der Waals surface area contributed by atoms with Crippen molar-refractivity contribution in [2.75, 3.05) is 33.4 Å². The lowest BCUT2D eigenvalue weighted by Crippen LogP contribution is -2.56. The minimum Gasteiger partial charge on any atom is -0.383 e. The van der Waals surface area contributed by atoms with Gasteiger partial charge < -0.3 is 19.9 Å². The van der Waals surface area contributed by atoms with Gasteiger partial charge in [0.2, 0.25) is 5.67 Å². The lowest BCUT2D eigenvalue weighted by Gasteiger charge is -2.36. The maximum Gasteiger partial charge on any atom is 0.259 e. The summed E-state index contributed by atoms with van der Waals surface area (Å²) in [5.41, 5.74) is -0.719. The molecule has 0 aliphatic carbocycles. The van der Waals surface area contributed by atoms with E-state index in [1.807, 2.05) is 12.1 Å². The summed E-state index contributed by atoms with van der Waals surface area (Å²) < 4.78 is 19.9. The Kier molecular flexibility index (Phi) is 5.03. The van der Waals surface area contributed by atoms with Gasteiger partial charge in [-0.05, 0) is 36.4 Å². The second-order valence-electron chi connectivity index (χ2n) is 6.32. The molecule has 1 saturated heterocycles. The first-order valence-electron chi connectivity index (χ1n) is 8.36. The molecule has 2 aromatic rings. The molecule has 0 radical (unpaired) electrons. The number of alkyl halides is 1. The van der Waals surface area contributed by atoms with Crippen molar-refractivity contribution in [1.82, 2.24) is 15.2 Å². The topological polar surface area (TPSA) is 74.4 Å². The maximum absolute atomic E-state index is 15.1. The van der Waals surface area contributed by atoms with E-state index in [0.29, 0.717) is 25.1 Å². The van der Waals surface area contributed by atoms with Crippen molar-refractivity contribution in [2.45, 2.75) is 18.5 Å². The molecule has 1 aliphatic heterocycles. The first-order valence-corrected chi connectivity index (χ1v) is 8.36. The van der Waals surface area contributed by atoms with Crippen molar-refractivity contribution in [3.8, 4) is 0 Å². The largest absolute Gasteiger partial charge is 0.383 e. The van der Waals surface area contributed by atoms with E-state index in [1.54, 1.807) is 18.3 Å². The molecular formula is C18H22FN3O3. The molecule has 6 nitrogen and oxygen atoms in total. The number of likely N-dealkylation sites (tertiary alicyclic amines) is 1. The number of carbonyl (C=O) groups excluding carboxylic acids is 2. The predicted molar refractivity (Wildman–Crippen MR) is 92.2 cm³/mol. The Bertz CT molecular complexity index is 776. The van der Waals surface area contributed by atoms with Crippen LogP contribution in [0.5, 0.6) is 0 Å². The molecule has 7 heteroatoms. The quantitative estimate of drug-likeness (QED) is 0.811. The van der Waals surface area contributed by atoms with E-state index >= 15 is 4.39 Å². The Hall–Kier alpha value is -2.41. The van der Waals surface area contributed by atoms with Crippen LogP contribution in [0, 0.1) is 0 Å². The number of fused-ring (bicyclic) bond motifs is 1. The molecule has 1 aromatic carbocycles. The van der Waals surface area contributed by atoms with Gasteiger partial charge in [0, 0.05) is 37.5 Å². The summed E-state index contributed by atoms with van der Waals surface area (Å²) in [6, 6.07) is 7.25. The van der Waals surface area contributed by atoms with Gasteiger partial charge in [-0.3, -0.25) is 9.59 Å². The molecule has 0 saturated carbocycles. The summed E-state index contributed by atoms with van der Waals surface area (Å²) in [7, 11) is 1.51. The summed E-state index contributed by atoms with van der Waals surface area (Å²) in [6.45, 7) is 0.783. The number of hydrogen-bond acceptors (Lipinski definition) is 3. The smallest absolute Gasteiger partial charge is 0.259 e. The number of ether oxygens (including phenoxy) is 1. The molecule has 0 spiro atoms. The number of methoxy groups -OCH3 is 1. The number of amides is 2. The predicted octanol–water partition coefficient (Wildman–Crippen LogP) is 1.87. The monoisotopic (exact) mass is 347 g/mol. The van der Waals surface area contributed by atoms with Crippen molar-refractivity contribution in [3.05, 3.63) is 36.0 Å². The van der Waals surface area contributed by atoms with Gasteiger partial charge >= 0.3 is 0 Å². The number of benzene rings is 1. The van der Waals surface area contributed by atoms with Crippen LogP contribution in [0.1, 0.15) is 23.2 Å². The molecule has 2 N–H and O–H groups in total. The summed E-state index contributed by atoms with van der Waals surface area (Å²) in [6.07, 6.45) is 2.37. The van der Waals surface area contributed by atoms with E-state index in [-0.39, 0.29) is 25.4 Å². The Morgan fingerprint density at radius 1 is 1.40 bits per heavy atom. The van der Waals surface area contributed by atoms with Gasteiger partial charge in [-0.15, -0.1) is 0 Å². The molecule has 1 atom stereocenters. The van der Waals surface area contributed by atoms with Crippen LogP contribution in [0.2, 0.25) is 0 Å². The minimum atomic E-state index is -2.06. The number of H-pyrrole nitrogens is 1. The Morgan fingerprint density at radius 3 is 3.04 bits per heavy atom. The highest BCUT2D eigenvalue weighted by Crippen LogP contribution is 2.27. The van der Waals surface area contributed by atoms with Crippen molar-refractivity contribution < 1.29 is 18.7 Å². The van der Waals surface area contributed by atoms with Crippen LogP contribution in [0.25, 0.3) is 10.9 Å². The van der Waals surface area contributed by atoms with Crippen molar-refractivity contribution in [3.63, 3.8) is 0 Å². The van der Waals surface area contributed by atoms with Gasteiger partial charge in [0.05, 0.1) is 13.2 Å². The number of carbonyl (C=O) groups is 2. The molecule has 1 aromatic heterocycles. The molecule has 134 valence electrons. The normalized spacial score (nSPS) is 20.6. The summed E-state index contributed by atoms with van der Waals surface area (Å²) in [4.78, 5) is 29.4. The second-order valence-corrected chi connectivity index (χ2v) is 6.32. The number of piperidine rings is 1. The number of rotatable bonds is 5. The number of halogens is 1. The van der Waals surface area contributed by atoms with Gasteiger partial charge in [-0.25, -0.2) is 4.39 Å². The highest BCUT2D eigenvalue weighted by molar-refractivity contribution is 5.98. The molecule has 1 unspecified atom stereocenters. The minimum absolute atomic E-state index is 0.116. The highest BCUT2D eigenvalue weighted by Gasteiger charge is 2.43. The zero-order chi connectivity index (χ0) is 17.9. The van der Waals surface area contributed by atoms with Crippen LogP contribution in [0.4, 0.5) is 4.39 Å². The van der Waals surface area contributed by atoms with Gasteiger partial charge in [0.1, 0.15) is 0 Å². The molecule has 1 fully saturated rings. The molecule has 25 heavy (non-hydrogen) atoms. The maximum atomic E-state index is 15.1. The standard InChI is InChI=1S/C18H22FN3O3/c1-25-10-8-21-17(24)18(19)6-2-9-22(12-18)16(23)14-4-3-13-5-7-20-15(13)11-14/h3-5,7,11,20H,2,6,8-10,12H2,1H3,(H,21,24). The lowest BCUT2D eigenvalue weighted by molar-refractivity contribution is -0.136. The number of nitrogens with one attached hydrogen (secondary N) is 2. The molecule has 2 amide bonds. The van der Waals surface area contributed by atoms with Crippen LogP contribution in [-0.4, -0.2) is 60.7 Å². The van der Waals surface area contributed by atoms with E-state index < -0.39 is 11.6 Å². The lowest BCUT2D eigenvalue weighted by atomic mass is 9.93. The average molecular weight is 347 g/mol. The number of aromatic amines is 1. The van der Waals surface area contributed by atoms with Crippen molar-refractivity contribution >= 4 is 22.7 Å². The first-order chi connectivity index (χ1) is 12.0. The molecule has 3 rings (SSSR count). The van der Waals surface area contributed by atoms with Crippen LogP contribution in [0.3, 0.4) is 0 Å². The van der Waals surface area contributed by atoms with Gasteiger partial charge in [0.25, 0.3) is 11.8 Å². The van der Waals surface area contributed by atoms with Gasteiger partial charge in [0.15, 0.2) is 0 Å². The van der Waals surface area contributed by atoms with Crippen LogP contribution < -0.4 is 5.32 Å². The van der Waals surface area contributed by atoms with Crippen LogP contribution in [0.15, 0.2) is 30.5 Å². The second kappa shape index (κ2) is 7.23.